The fourth-order valence-corrected chi connectivity index (χ4v) is 1.57. The Balaban J connectivity index is 2.03. The smallest absolute Gasteiger partial charge is 0.352 e. The molecule has 0 aromatic heterocycles. The SMILES string of the molecule is COc1ccc(O/C(F)=C(\F)Oc2ccc(OC)cc2)cc1. The molecule has 2 rings (SSSR count). The number of hydrogen-bond acceptors (Lipinski definition) is 4. The first-order valence-corrected chi connectivity index (χ1v) is 6.31. The molecule has 0 bridgehead atoms. The first-order chi connectivity index (χ1) is 10.6. The van der Waals surface area contributed by atoms with E-state index in [1.165, 1.54) is 38.5 Å². The van der Waals surface area contributed by atoms with E-state index in [1.807, 2.05) is 0 Å². The quantitative estimate of drug-likeness (QED) is 0.748. The maximum atomic E-state index is 13.6. The molecular weight excluding hydrogens is 294 g/mol. The molecule has 0 spiro atoms. The Kier molecular flexibility index (Phi) is 5.19. The largest absolute Gasteiger partial charge is 0.497 e. The molecule has 0 fully saturated rings. The van der Waals surface area contributed by atoms with Gasteiger partial charge in [0.15, 0.2) is 0 Å². The van der Waals surface area contributed by atoms with Crippen molar-refractivity contribution in [3.63, 3.8) is 0 Å². The second-order valence-electron chi connectivity index (χ2n) is 4.10. The van der Waals surface area contributed by atoms with Crippen molar-refractivity contribution in [3.8, 4) is 23.0 Å². The van der Waals surface area contributed by atoms with E-state index in [0.29, 0.717) is 11.5 Å². The van der Waals surface area contributed by atoms with E-state index in [4.69, 9.17) is 18.9 Å². The summed E-state index contributed by atoms with van der Waals surface area (Å²) in [5.41, 5.74) is 0. The van der Waals surface area contributed by atoms with Gasteiger partial charge in [-0.25, -0.2) is 0 Å². The lowest BCUT2D eigenvalue weighted by atomic mass is 10.3. The molecule has 0 amide bonds. The summed E-state index contributed by atoms with van der Waals surface area (Å²) >= 11 is 0. The third-order valence-electron chi connectivity index (χ3n) is 2.69. The van der Waals surface area contributed by atoms with Gasteiger partial charge in [-0.2, -0.15) is 8.78 Å². The zero-order valence-electron chi connectivity index (χ0n) is 12.0. The Morgan fingerprint density at radius 3 is 1.14 bits per heavy atom. The summed E-state index contributed by atoms with van der Waals surface area (Å²) in [6.07, 6.45) is 0. The van der Waals surface area contributed by atoms with E-state index in [0.717, 1.165) is 0 Å². The minimum Gasteiger partial charge on any atom is -0.497 e. The highest BCUT2D eigenvalue weighted by molar-refractivity contribution is 5.33. The Morgan fingerprint density at radius 2 is 0.864 bits per heavy atom. The van der Waals surface area contributed by atoms with E-state index >= 15 is 0 Å². The maximum Gasteiger partial charge on any atom is 0.352 e. The summed E-state index contributed by atoms with van der Waals surface area (Å²) in [5.74, 6) is 1.39. The molecule has 4 nitrogen and oxygen atoms in total. The van der Waals surface area contributed by atoms with Crippen LogP contribution < -0.4 is 18.9 Å². The topological polar surface area (TPSA) is 36.9 Å². The van der Waals surface area contributed by atoms with Gasteiger partial charge >= 0.3 is 12.0 Å². The summed E-state index contributed by atoms with van der Waals surface area (Å²) in [7, 11) is 3.00. The van der Waals surface area contributed by atoms with Gasteiger partial charge in [-0.15, -0.1) is 0 Å². The average Bonchev–Trinajstić information content (AvgIpc) is 2.56. The third kappa shape index (κ3) is 4.12. The first-order valence-electron chi connectivity index (χ1n) is 6.31. The van der Waals surface area contributed by atoms with Gasteiger partial charge in [-0.1, -0.05) is 0 Å². The van der Waals surface area contributed by atoms with E-state index in [9.17, 15) is 8.78 Å². The molecule has 6 heteroatoms. The number of rotatable bonds is 6. The Hall–Kier alpha value is -2.76. The molecule has 22 heavy (non-hydrogen) atoms. The van der Waals surface area contributed by atoms with Gasteiger partial charge in [-0.05, 0) is 48.5 Å². The Bertz CT molecular complexity index is 579. The van der Waals surface area contributed by atoms with Crippen molar-refractivity contribution in [3.05, 3.63) is 60.6 Å². The molecule has 0 aliphatic heterocycles. The molecule has 2 aromatic rings. The van der Waals surface area contributed by atoms with Crippen LogP contribution in [0.4, 0.5) is 8.78 Å². The second kappa shape index (κ2) is 7.31. The monoisotopic (exact) mass is 308 g/mol. The molecule has 0 radical (unpaired) electrons. The van der Waals surface area contributed by atoms with Crippen LogP contribution in [-0.2, 0) is 0 Å². The van der Waals surface area contributed by atoms with Gasteiger partial charge in [0.2, 0.25) is 0 Å². The second-order valence-corrected chi connectivity index (χ2v) is 4.10. The van der Waals surface area contributed by atoms with E-state index in [2.05, 4.69) is 0 Å². The summed E-state index contributed by atoms with van der Waals surface area (Å²) in [4.78, 5) is 0. The molecule has 116 valence electrons. The van der Waals surface area contributed by atoms with Gasteiger partial charge in [0, 0.05) is 0 Å². The van der Waals surface area contributed by atoms with Crippen LogP contribution in [-0.4, -0.2) is 14.2 Å². The van der Waals surface area contributed by atoms with Crippen LogP contribution in [0.5, 0.6) is 23.0 Å². The normalized spacial score (nSPS) is 11.5. The van der Waals surface area contributed by atoms with Gasteiger partial charge in [0.05, 0.1) is 14.2 Å². The van der Waals surface area contributed by atoms with Crippen LogP contribution >= 0.6 is 0 Å². The molecule has 0 aliphatic rings. The van der Waals surface area contributed by atoms with Crippen molar-refractivity contribution in [1.29, 1.82) is 0 Å². The Morgan fingerprint density at radius 1 is 0.591 bits per heavy atom. The number of ether oxygens (including phenoxy) is 4. The zero-order chi connectivity index (χ0) is 15.9. The highest BCUT2D eigenvalue weighted by Gasteiger charge is 2.12. The minimum atomic E-state index is -1.47. The highest BCUT2D eigenvalue weighted by Crippen LogP contribution is 2.24. The molecule has 2 aromatic carbocycles. The average molecular weight is 308 g/mol. The van der Waals surface area contributed by atoms with Crippen LogP contribution in [0.2, 0.25) is 0 Å². The van der Waals surface area contributed by atoms with Crippen molar-refractivity contribution in [1.82, 2.24) is 0 Å². The summed E-state index contributed by atoms with van der Waals surface area (Å²) in [5, 5.41) is 0. The van der Waals surface area contributed by atoms with Crippen LogP contribution in [0.3, 0.4) is 0 Å². The number of hydrogen-bond donors (Lipinski definition) is 0. The van der Waals surface area contributed by atoms with Gasteiger partial charge in [0.1, 0.15) is 23.0 Å². The molecule has 0 atom stereocenters. The first kappa shape index (κ1) is 15.6. The van der Waals surface area contributed by atoms with Crippen molar-refractivity contribution >= 4 is 0 Å². The summed E-state index contributed by atoms with van der Waals surface area (Å²) in [6.45, 7) is 0. The number of benzene rings is 2. The predicted molar refractivity (Wildman–Crippen MR) is 76.5 cm³/mol. The lowest BCUT2D eigenvalue weighted by Gasteiger charge is -2.07. The van der Waals surface area contributed by atoms with Gasteiger partial charge in [0.25, 0.3) is 0 Å². The molecule has 0 N–H and O–H groups in total. The zero-order valence-corrected chi connectivity index (χ0v) is 12.0. The van der Waals surface area contributed by atoms with Gasteiger partial charge in [-0.3, -0.25) is 0 Å². The fraction of sp³-hybridized carbons (Fsp3) is 0.125. The fourth-order valence-electron chi connectivity index (χ4n) is 1.57. The predicted octanol–water partition coefficient (Wildman–Crippen LogP) is 4.23. The third-order valence-corrected chi connectivity index (χ3v) is 2.69. The van der Waals surface area contributed by atoms with Gasteiger partial charge < -0.3 is 18.9 Å². The maximum absolute atomic E-state index is 13.6. The van der Waals surface area contributed by atoms with Crippen molar-refractivity contribution in [2.75, 3.05) is 14.2 Å². The molecular formula is C16H14F2O4. The minimum absolute atomic E-state index is 0.117. The highest BCUT2D eigenvalue weighted by atomic mass is 19.2. The van der Waals surface area contributed by atoms with Crippen molar-refractivity contribution < 1.29 is 27.7 Å². The van der Waals surface area contributed by atoms with Crippen molar-refractivity contribution in [2.24, 2.45) is 0 Å². The van der Waals surface area contributed by atoms with Crippen LogP contribution in [0, 0.1) is 0 Å². The summed E-state index contributed by atoms with van der Waals surface area (Å²) in [6, 6.07) is 9.07. The molecule has 0 unspecified atom stereocenters. The lowest BCUT2D eigenvalue weighted by molar-refractivity contribution is 0.203. The molecule has 0 aliphatic carbocycles. The van der Waals surface area contributed by atoms with E-state index in [-0.39, 0.29) is 11.5 Å². The van der Waals surface area contributed by atoms with E-state index < -0.39 is 12.0 Å². The summed E-state index contributed by atoms with van der Waals surface area (Å²) < 4.78 is 46.5. The van der Waals surface area contributed by atoms with Crippen molar-refractivity contribution in [2.45, 2.75) is 0 Å². The molecule has 0 saturated carbocycles. The molecule has 0 saturated heterocycles. The van der Waals surface area contributed by atoms with E-state index in [1.54, 1.807) is 24.3 Å². The van der Waals surface area contributed by atoms with Crippen LogP contribution in [0.1, 0.15) is 0 Å². The lowest BCUT2D eigenvalue weighted by Crippen LogP contribution is -1.99. The molecule has 0 heterocycles. The van der Waals surface area contributed by atoms with Crippen LogP contribution in [0.15, 0.2) is 60.6 Å². The Labute approximate surface area is 126 Å². The number of methoxy groups -OCH3 is 2. The van der Waals surface area contributed by atoms with Crippen LogP contribution in [0.25, 0.3) is 0 Å². The standard InChI is InChI=1S/C16H14F2O4/c1-19-11-3-7-13(8-4-11)21-15(17)16(18)22-14-9-5-12(20-2)6-10-14/h3-10H,1-2H3/b16-15+. The number of halogens is 2.